The zero-order valence-corrected chi connectivity index (χ0v) is 30.0. The fraction of sp³-hybridized carbons (Fsp3) is 0.857. The predicted octanol–water partition coefficient (Wildman–Crippen LogP) is 8.63. The molecule has 0 aliphatic carbocycles. The summed E-state index contributed by atoms with van der Waals surface area (Å²) < 4.78 is 23.3. The highest BCUT2D eigenvalue weighted by Gasteiger charge is 2.27. The molecule has 3 N–H and O–H groups in total. The van der Waals surface area contributed by atoms with E-state index >= 15 is 0 Å². The maximum atomic E-state index is 12.7. The van der Waals surface area contributed by atoms with Gasteiger partial charge in [0.25, 0.3) is 0 Å². The van der Waals surface area contributed by atoms with Crippen molar-refractivity contribution in [1.29, 1.82) is 0 Å². The number of hydrogen-bond acceptors (Lipinski definition) is 5. The number of likely N-dealkylation sites (N-methyl/N-ethyl adjacent to an activating group) is 1. The first-order chi connectivity index (χ1) is 21.0. The van der Waals surface area contributed by atoms with Gasteiger partial charge in [-0.3, -0.25) is 13.8 Å². The lowest BCUT2D eigenvalue weighted by Gasteiger charge is -2.25. The zero-order valence-electron chi connectivity index (χ0n) is 29.1. The molecular formula is C35H70N2O6P+. The SMILES string of the molecule is CCCCCC/C=C/C(O)C(COP(=O)(O)OCC[N+](C)(C)C)NC(=O)CCCCCCC/C=C\CCCCCCCCC. The van der Waals surface area contributed by atoms with Crippen molar-refractivity contribution in [2.75, 3.05) is 40.9 Å². The second kappa shape index (κ2) is 28.2. The topological polar surface area (TPSA) is 105 Å². The molecule has 0 fully saturated rings. The number of amides is 1. The van der Waals surface area contributed by atoms with E-state index in [-0.39, 0.29) is 19.1 Å². The third-order valence-corrected chi connectivity index (χ3v) is 8.65. The van der Waals surface area contributed by atoms with Crippen LogP contribution in [0, 0.1) is 0 Å². The Kier molecular flexibility index (Phi) is 27.6. The maximum Gasteiger partial charge on any atom is 0.472 e. The molecule has 260 valence electrons. The summed E-state index contributed by atoms with van der Waals surface area (Å²) in [5, 5.41) is 13.6. The van der Waals surface area contributed by atoms with E-state index in [9.17, 15) is 19.4 Å². The highest BCUT2D eigenvalue weighted by Crippen LogP contribution is 2.43. The Labute approximate surface area is 271 Å². The second-order valence-electron chi connectivity index (χ2n) is 13.2. The molecule has 9 heteroatoms. The molecule has 0 aromatic carbocycles. The number of carbonyl (C=O) groups is 1. The predicted molar refractivity (Wildman–Crippen MR) is 185 cm³/mol. The third-order valence-electron chi connectivity index (χ3n) is 7.67. The average Bonchev–Trinajstić information content (AvgIpc) is 2.95. The Bertz CT molecular complexity index is 784. The van der Waals surface area contributed by atoms with Gasteiger partial charge in [-0.05, 0) is 44.9 Å². The molecule has 0 bridgehead atoms. The first-order valence-electron chi connectivity index (χ1n) is 17.7. The van der Waals surface area contributed by atoms with Gasteiger partial charge in [-0.2, -0.15) is 0 Å². The van der Waals surface area contributed by atoms with Crippen molar-refractivity contribution in [2.24, 2.45) is 0 Å². The molecule has 0 aliphatic rings. The van der Waals surface area contributed by atoms with E-state index in [0.29, 0.717) is 17.4 Å². The van der Waals surface area contributed by atoms with Gasteiger partial charge >= 0.3 is 7.82 Å². The molecule has 3 unspecified atom stereocenters. The Morgan fingerprint density at radius 2 is 1.23 bits per heavy atom. The van der Waals surface area contributed by atoms with Crippen LogP contribution in [0.5, 0.6) is 0 Å². The van der Waals surface area contributed by atoms with Crippen LogP contribution in [0.4, 0.5) is 0 Å². The summed E-state index contributed by atoms with van der Waals surface area (Å²) >= 11 is 0. The quantitative estimate of drug-likeness (QED) is 0.0302. The molecule has 3 atom stereocenters. The highest BCUT2D eigenvalue weighted by atomic mass is 31.2. The largest absolute Gasteiger partial charge is 0.472 e. The molecule has 0 aliphatic heterocycles. The number of aliphatic hydroxyl groups is 1. The van der Waals surface area contributed by atoms with Gasteiger partial charge < -0.3 is 19.8 Å². The number of quaternary nitrogens is 1. The summed E-state index contributed by atoms with van der Waals surface area (Å²) in [5.74, 6) is -0.194. The van der Waals surface area contributed by atoms with E-state index in [0.717, 1.165) is 57.8 Å². The summed E-state index contributed by atoms with van der Waals surface area (Å²) in [5.41, 5.74) is 0. The standard InChI is InChI=1S/C35H69N2O6P/c1-6-8-10-12-14-15-16-17-18-19-20-21-22-23-25-27-29-35(39)36-33(34(38)28-26-24-13-11-9-7-2)32-43-44(40,41)42-31-30-37(3,4)5/h18-19,26,28,33-34,38H,6-17,20-25,27,29-32H2,1-5H3,(H-,36,39,40,41)/p+1/b19-18-,28-26+. The van der Waals surface area contributed by atoms with E-state index in [1.807, 2.05) is 27.2 Å². The lowest BCUT2D eigenvalue weighted by Crippen LogP contribution is -2.45. The van der Waals surface area contributed by atoms with Crippen LogP contribution >= 0.6 is 7.82 Å². The number of hydrogen-bond donors (Lipinski definition) is 3. The van der Waals surface area contributed by atoms with Crippen LogP contribution in [0.15, 0.2) is 24.3 Å². The first-order valence-corrected chi connectivity index (χ1v) is 19.2. The first kappa shape index (κ1) is 43.0. The van der Waals surface area contributed by atoms with Gasteiger partial charge in [0.15, 0.2) is 0 Å². The Hall–Kier alpha value is -1.02. The Balaban J connectivity index is 4.40. The molecule has 0 aromatic rings. The number of nitrogens with zero attached hydrogens (tertiary/aromatic N) is 1. The van der Waals surface area contributed by atoms with Crippen molar-refractivity contribution in [3.05, 3.63) is 24.3 Å². The Morgan fingerprint density at radius 1 is 0.750 bits per heavy atom. The molecule has 0 saturated carbocycles. The van der Waals surface area contributed by atoms with E-state index < -0.39 is 20.0 Å². The van der Waals surface area contributed by atoms with Gasteiger partial charge in [-0.15, -0.1) is 0 Å². The molecule has 0 spiro atoms. The Morgan fingerprint density at radius 3 is 1.77 bits per heavy atom. The molecular weight excluding hydrogens is 575 g/mol. The molecule has 0 heterocycles. The lowest BCUT2D eigenvalue weighted by atomic mass is 10.1. The number of aliphatic hydroxyl groups excluding tert-OH is 1. The zero-order chi connectivity index (χ0) is 32.9. The summed E-state index contributed by atoms with van der Waals surface area (Å²) in [6, 6.07) is -0.843. The number of nitrogens with one attached hydrogen (secondary N) is 1. The highest BCUT2D eigenvalue weighted by molar-refractivity contribution is 7.47. The average molecular weight is 646 g/mol. The third kappa shape index (κ3) is 29.7. The molecule has 8 nitrogen and oxygen atoms in total. The molecule has 0 aromatic heterocycles. The van der Waals surface area contributed by atoms with Gasteiger partial charge in [-0.25, -0.2) is 4.57 Å². The van der Waals surface area contributed by atoms with Crippen LogP contribution in [0.2, 0.25) is 0 Å². The van der Waals surface area contributed by atoms with E-state index in [4.69, 9.17) is 9.05 Å². The number of carbonyl (C=O) groups excluding carboxylic acids is 1. The molecule has 1 amide bonds. The summed E-state index contributed by atoms with van der Waals surface area (Å²) in [6.07, 6.45) is 29.8. The summed E-state index contributed by atoms with van der Waals surface area (Å²) in [7, 11) is 1.56. The maximum absolute atomic E-state index is 12.7. The molecule has 0 saturated heterocycles. The van der Waals surface area contributed by atoms with Crippen LogP contribution in [-0.4, -0.2) is 73.4 Å². The van der Waals surface area contributed by atoms with Crippen molar-refractivity contribution in [3.63, 3.8) is 0 Å². The minimum atomic E-state index is -4.32. The van der Waals surface area contributed by atoms with Crippen LogP contribution < -0.4 is 5.32 Å². The van der Waals surface area contributed by atoms with Gasteiger partial charge in [0.2, 0.25) is 5.91 Å². The smallest absolute Gasteiger partial charge is 0.387 e. The van der Waals surface area contributed by atoms with Crippen molar-refractivity contribution in [2.45, 2.75) is 154 Å². The molecule has 0 rings (SSSR count). The fourth-order valence-electron chi connectivity index (χ4n) is 4.74. The second-order valence-corrected chi connectivity index (χ2v) is 14.7. The number of allylic oxidation sites excluding steroid dienone is 3. The van der Waals surface area contributed by atoms with Crippen molar-refractivity contribution < 1.29 is 32.9 Å². The minimum Gasteiger partial charge on any atom is -0.387 e. The number of phosphoric acid groups is 1. The summed E-state index contributed by atoms with van der Waals surface area (Å²) in [4.78, 5) is 22.8. The fourth-order valence-corrected chi connectivity index (χ4v) is 5.47. The van der Waals surface area contributed by atoms with Crippen molar-refractivity contribution in [1.82, 2.24) is 5.32 Å². The van der Waals surface area contributed by atoms with Crippen molar-refractivity contribution >= 4 is 13.7 Å². The van der Waals surface area contributed by atoms with Crippen LogP contribution in [-0.2, 0) is 18.4 Å². The molecule has 44 heavy (non-hydrogen) atoms. The normalized spacial score (nSPS) is 15.2. The molecule has 0 radical (unpaired) electrons. The summed E-state index contributed by atoms with van der Waals surface area (Å²) in [6.45, 7) is 4.69. The van der Waals surface area contributed by atoms with Crippen molar-refractivity contribution in [3.8, 4) is 0 Å². The van der Waals surface area contributed by atoms with Gasteiger partial charge in [0.1, 0.15) is 13.2 Å². The van der Waals surface area contributed by atoms with Crippen LogP contribution in [0.25, 0.3) is 0 Å². The van der Waals surface area contributed by atoms with Crippen LogP contribution in [0.1, 0.15) is 142 Å². The lowest BCUT2D eigenvalue weighted by molar-refractivity contribution is -0.870. The number of phosphoric ester groups is 1. The van der Waals surface area contributed by atoms with Crippen LogP contribution in [0.3, 0.4) is 0 Å². The van der Waals surface area contributed by atoms with E-state index in [1.54, 1.807) is 6.08 Å². The van der Waals surface area contributed by atoms with Gasteiger partial charge in [0, 0.05) is 6.42 Å². The minimum absolute atomic E-state index is 0.0596. The number of rotatable bonds is 31. The van der Waals surface area contributed by atoms with E-state index in [2.05, 4.69) is 31.3 Å². The number of unbranched alkanes of at least 4 members (excludes halogenated alkanes) is 16. The monoisotopic (exact) mass is 645 g/mol. The van der Waals surface area contributed by atoms with Gasteiger partial charge in [-0.1, -0.05) is 115 Å². The van der Waals surface area contributed by atoms with Gasteiger partial charge in [0.05, 0.1) is 39.9 Å². The van der Waals surface area contributed by atoms with E-state index in [1.165, 1.54) is 64.2 Å².